The van der Waals surface area contributed by atoms with Crippen LogP contribution in [0.15, 0.2) is 12.4 Å². The summed E-state index contributed by atoms with van der Waals surface area (Å²) in [6.45, 7) is 0. The summed E-state index contributed by atoms with van der Waals surface area (Å²) in [5, 5.41) is 27.8. The molecule has 2 aromatic rings. The predicted molar refractivity (Wildman–Crippen MR) is 77.1 cm³/mol. The van der Waals surface area contributed by atoms with Crippen LogP contribution < -0.4 is 0 Å². The summed E-state index contributed by atoms with van der Waals surface area (Å²) in [5.74, 6) is -0.770. The molecule has 2 rings (SSSR count). The predicted octanol–water partition coefficient (Wildman–Crippen LogP) is 1.10. The highest BCUT2D eigenvalue weighted by Crippen LogP contribution is 2.01. The Hall–Kier alpha value is -2.29. The van der Waals surface area contributed by atoms with Gasteiger partial charge in [0.2, 0.25) is 5.24 Å². The molecule has 0 atom stereocenters. The molecule has 0 bridgehead atoms. The number of carboxylic acids is 1. The van der Waals surface area contributed by atoms with Crippen LogP contribution in [-0.4, -0.2) is 47.1 Å². The van der Waals surface area contributed by atoms with Crippen LogP contribution in [0.5, 0.6) is 0 Å². The minimum Gasteiger partial charge on any atom is -0.481 e. The van der Waals surface area contributed by atoms with Gasteiger partial charge in [-0.3, -0.25) is 9.59 Å². The quantitative estimate of drug-likeness (QED) is 0.617. The summed E-state index contributed by atoms with van der Waals surface area (Å²) in [5.41, 5.74) is 1.68. The van der Waals surface area contributed by atoms with E-state index in [0.717, 1.165) is 24.2 Å². The number of nitrogens with one attached hydrogen (secondary N) is 2. The number of halogens is 1. The highest BCUT2D eigenvalue weighted by atomic mass is 35.5. The smallest absolute Gasteiger partial charge is 0.303 e. The van der Waals surface area contributed by atoms with Gasteiger partial charge in [0.15, 0.2) is 0 Å². The normalized spacial score (nSPS) is 9.86. The number of carbonyl (C=O) groups is 2. The van der Waals surface area contributed by atoms with Crippen LogP contribution in [0.3, 0.4) is 0 Å². The van der Waals surface area contributed by atoms with E-state index >= 15 is 0 Å². The van der Waals surface area contributed by atoms with E-state index in [9.17, 15) is 9.59 Å². The number of aromatic nitrogens is 6. The number of hydrogen-bond donors (Lipinski definition) is 3. The molecule has 0 aliphatic heterocycles. The zero-order valence-corrected chi connectivity index (χ0v) is 12.6. The molecule has 0 aliphatic rings. The molecule has 0 fully saturated rings. The van der Waals surface area contributed by atoms with Crippen molar-refractivity contribution in [1.29, 1.82) is 0 Å². The van der Waals surface area contributed by atoms with Gasteiger partial charge < -0.3 is 5.11 Å². The van der Waals surface area contributed by atoms with Gasteiger partial charge in [0.1, 0.15) is 0 Å². The van der Waals surface area contributed by atoms with Crippen molar-refractivity contribution in [3.8, 4) is 0 Å². The Kier molecular flexibility index (Phi) is 8.43. The fourth-order valence-electron chi connectivity index (χ4n) is 1.52. The summed E-state index contributed by atoms with van der Waals surface area (Å²) >= 11 is 5.14. The maximum atomic E-state index is 10.3. The zero-order chi connectivity index (χ0) is 16.2. The molecule has 0 unspecified atom stereocenters. The summed E-state index contributed by atoms with van der Waals surface area (Å²) < 4.78 is 0. The summed E-state index contributed by atoms with van der Waals surface area (Å²) in [7, 11) is 0. The molecule has 0 aliphatic carbocycles. The fourth-order valence-corrected chi connectivity index (χ4v) is 1.65. The molecule has 22 heavy (non-hydrogen) atoms. The molecular formula is C12H17ClN6O3. The van der Waals surface area contributed by atoms with Gasteiger partial charge in [0.05, 0.1) is 23.8 Å². The monoisotopic (exact) mass is 328 g/mol. The third kappa shape index (κ3) is 8.80. The number of carbonyl (C=O) groups excluding carboxylic acids is 1. The van der Waals surface area contributed by atoms with E-state index in [2.05, 4.69) is 30.8 Å². The fraction of sp³-hybridized carbons (Fsp3) is 0.500. The van der Waals surface area contributed by atoms with Crippen LogP contribution in [-0.2, 0) is 22.4 Å². The third-order valence-electron chi connectivity index (χ3n) is 2.56. The molecule has 2 heterocycles. The van der Waals surface area contributed by atoms with Crippen LogP contribution in [0, 0.1) is 0 Å². The lowest BCUT2D eigenvalue weighted by Crippen LogP contribution is -1.95. The van der Waals surface area contributed by atoms with Crippen molar-refractivity contribution < 1.29 is 14.7 Å². The van der Waals surface area contributed by atoms with E-state index in [1.807, 2.05) is 0 Å². The van der Waals surface area contributed by atoms with Crippen molar-refractivity contribution in [2.24, 2.45) is 0 Å². The average molecular weight is 329 g/mol. The minimum absolute atomic E-state index is 0.187. The van der Waals surface area contributed by atoms with Gasteiger partial charge >= 0.3 is 5.97 Å². The van der Waals surface area contributed by atoms with Crippen LogP contribution in [0.25, 0.3) is 0 Å². The average Bonchev–Trinajstić information content (AvgIpc) is 3.11. The first-order chi connectivity index (χ1) is 10.6. The lowest BCUT2D eigenvalue weighted by Gasteiger charge is -1.90. The van der Waals surface area contributed by atoms with E-state index in [1.165, 1.54) is 0 Å². The molecule has 0 amide bonds. The van der Waals surface area contributed by atoms with Crippen LogP contribution in [0.1, 0.15) is 37.1 Å². The van der Waals surface area contributed by atoms with Crippen molar-refractivity contribution in [3.05, 3.63) is 23.8 Å². The molecule has 10 heteroatoms. The molecule has 120 valence electrons. The molecule has 3 N–H and O–H groups in total. The Morgan fingerprint density at radius 3 is 1.86 bits per heavy atom. The van der Waals surface area contributed by atoms with Crippen molar-refractivity contribution in [2.45, 2.75) is 38.5 Å². The number of rotatable bonds is 8. The van der Waals surface area contributed by atoms with Crippen LogP contribution in [0.2, 0.25) is 0 Å². The molecule has 0 spiro atoms. The van der Waals surface area contributed by atoms with Crippen molar-refractivity contribution in [1.82, 2.24) is 30.8 Å². The van der Waals surface area contributed by atoms with Gasteiger partial charge in [-0.15, -0.1) is 0 Å². The Bertz CT molecular complexity index is 493. The Morgan fingerprint density at radius 1 is 1.00 bits per heavy atom. The Labute approximate surface area is 131 Å². The lowest BCUT2D eigenvalue weighted by molar-refractivity contribution is -0.137. The first-order valence-corrected chi connectivity index (χ1v) is 7.05. The van der Waals surface area contributed by atoms with Gasteiger partial charge in [-0.05, 0) is 37.3 Å². The Morgan fingerprint density at radius 2 is 1.50 bits per heavy atom. The molecule has 0 radical (unpaired) electrons. The number of nitrogens with zero attached hydrogens (tertiary/aromatic N) is 4. The number of aromatic amines is 2. The standard InChI is InChI=1S/C6H8ClN3O.C6H9N3O2/c7-6(11)3-1-2-5-4-8-10-9-5;10-6(11)3-1-2-5-4-7-9-8-5/h4H,1-3H2,(H,8,9,10);4H,1-3H2,(H,10,11)(H,7,8,9). The second-order valence-corrected chi connectivity index (χ2v) is 4.80. The van der Waals surface area contributed by atoms with Gasteiger partial charge in [-0.1, -0.05) is 0 Å². The number of aryl methyl sites for hydroxylation is 2. The highest BCUT2D eigenvalue weighted by molar-refractivity contribution is 6.63. The SMILES string of the molecule is O=C(Cl)CCCc1cn[nH]n1.O=C(O)CCCc1cn[nH]n1. The maximum absolute atomic E-state index is 10.3. The lowest BCUT2D eigenvalue weighted by atomic mass is 10.2. The van der Waals surface area contributed by atoms with Crippen LogP contribution in [0.4, 0.5) is 0 Å². The van der Waals surface area contributed by atoms with Crippen molar-refractivity contribution >= 4 is 22.8 Å². The first kappa shape index (κ1) is 17.8. The second-order valence-electron chi connectivity index (χ2n) is 4.38. The molecular weight excluding hydrogens is 312 g/mol. The topological polar surface area (TPSA) is 138 Å². The summed E-state index contributed by atoms with van der Waals surface area (Å²) in [4.78, 5) is 20.4. The molecule has 0 aromatic carbocycles. The van der Waals surface area contributed by atoms with E-state index in [-0.39, 0.29) is 11.7 Å². The highest BCUT2D eigenvalue weighted by Gasteiger charge is 1.99. The number of carboxylic acid groups (broad SMARTS) is 1. The van der Waals surface area contributed by atoms with E-state index in [0.29, 0.717) is 19.3 Å². The first-order valence-electron chi connectivity index (χ1n) is 6.67. The van der Waals surface area contributed by atoms with Gasteiger partial charge in [-0.2, -0.15) is 30.8 Å². The van der Waals surface area contributed by atoms with Crippen molar-refractivity contribution in [2.75, 3.05) is 0 Å². The zero-order valence-electron chi connectivity index (χ0n) is 11.8. The molecule has 0 saturated heterocycles. The molecule has 0 saturated carbocycles. The van der Waals surface area contributed by atoms with Crippen molar-refractivity contribution in [3.63, 3.8) is 0 Å². The number of hydrogen-bond acceptors (Lipinski definition) is 6. The Balaban J connectivity index is 0.000000220. The van der Waals surface area contributed by atoms with E-state index in [1.54, 1.807) is 12.4 Å². The maximum Gasteiger partial charge on any atom is 0.303 e. The summed E-state index contributed by atoms with van der Waals surface area (Å²) in [6, 6.07) is 0. The van der Waals surface area contributed by atoms with E-state index in [4.69, 9.17) is 16.7 Å². The van der Waals surface area contributed by atoms with Gasteiger partial charge in [-0.25, -0.2) is 0 Å². The van der Waals surface area contributed by atoms with Crippen LogP contribution >= 0.6 is 11.6 Å². The molecule has 9 nitrogen and oxygen atoms in total. The van der Waals surface area contributed by atoms with Gasteiger partial charge in [0, 0.05) is 12.8 Å². The summed E-state index contributed by atoms with van der Waals surface area (Å²) in [6.07, 6.45) is 6.58. The molecule has 2 aromatic heterocycles. The van der Waals surface area contributed by atoms with E-state index < -0.39 is 5.97 Å². The number of H-pyrrole nitrogens is 2. The minimum atomic E-state index is -0.770. The third-order valence-corrected chi connectivity index (χ3v) is 2.75. The largest absolute Gasteiger partial charge is 0.481 e. The number of aliphatic carboxylic acids is 1. The van der Waals surface area contributed by atoms with Gasteiger partial charge in [0.25, 0.3) is 0 Å². The second kappa shape index (κ2) is 10.4.